The predicted molar refractivity (Wildman–Crippen MR) is 72.3 cm³/mol. The van der Waals surface area contributed by atoms with Gasteiger partial charge in [0.2, 0.25) is 0 Å². The zero-order valence-corrected chi connectivity index (χ0v) is 12.4. The predicted octanol–water partition coefficient (Wildman–Crippen LogP) is 1.22. The second kappa shape index (κ2) is 6.65. The summed E-state index contributed by atoms with van der Waals surface area (Å²) < 4.78 is 1.92. The quantitative estimate of drug-likeness (QED) is 0.842. The van der Waals surface area contributed by atoms with Crippen molar-refractivity contribution in [3.63, 3.8) is 0 Å². The van der Waals surface area contributed by atoms with Gasteiger partial charge in [-0.15, -0.1) is 10.2 Å². The number of aromatic nitrogens is 3. The van der Waals surface area contributed by atoms with Gasteiger partial charge in [-0.1, -0.05) is 13.8 Å². The smallest absolute Gasteiger partial charge is 0.251 e. The fraction of sp³-hybridized carbons (Fsp3) is 0.769. The van der Waals surface area contributed by atoms with Gasteiger partial charge in [0.25, 0.3) is 5.91 Å². The molecule has 0 aliphatic carbocycles. The van der Waals surface area contributed by atoms with Crippen LogP contribution >= 0.6 is 0 Å². The summed E-state index contributed by atoms with van der Waals surface area (Å²) in [5.41, 5.74) is 0. The molecule has 1 heterocycles. The van der Waals surface area contributed by atoms with Gasteiger partial charge in [0.1, 0.15) is 12.4 Å². The lowest BCUT2D eigenvalue weighted by Gasteiger charge is -2.22. The van der Waals surface area contributed by atoms with Crippen molar-refractivity contribution in [3.05, 3.63) is 12.2 Å². The number of nitrogens with zero attached hydrogens (tertiary/aromatic N) is 4. The third kappa shape index (κ3) is 4.31. The molecule has 0 aromatic carbocycles. The molecule has 0 aliphatic heterocycles. The molecule has 1 unspecified atom stereocenters. The van der Waals surface area contributed by atoms with Gasteiger partial charge in [-0.3, -0.25) is 4.79 Å². The van der Waals surface area contributed by atoms with Crippen LogP contribution in [0.15, 0.2) is 6.33 Å². The van der Waals surface area contributed by atoms with Crippen molar-refractivity contribution >= 4 is 5.91 Å². The fourth-order valence-corrected chi connectivity index (χ4v) is 1.90. The summed E-state index contributed by atoms with van der Waals surface area (Å²) in [7, 11) is 1.67. The third-order valence-electron chi connectivity index (χ3n) is 2.94. The third-order valence-corrected chi connectivity index (χ3v) is 2.94. The zero-order valence-electron chi connectivity index (χ0n) is 12.4. The SMILES string of the molecule is CC(C)CC(O)C(=O)N(C)Cc1nncn1C(C)C. The Bertz CT molecular complexity index is 415. The number of rotatable bonds is 6. The Labute approximate surface area is 114 Å². The standard InChI is InChI=1S/C13H24N4O2/c1-9(2)6-11(18)13(19)16(5)7-12-15-14-8-17(12)10(3)4/h8-11,18H,6-7H2,1-5H3. The number of hydrogen-bond donors (Lipinski definition) is 1. The minimum Gasteiger partial charge on any atom is -0.383 e. The van der Waals surface area contributed by atoms with E-state index in [2.05, 4.69) is 10.2 Å². The van der Waals surface area contributed by atoms with E-state index in [4.69, 9.17) is 0 Å². The Hall–Kier alpha value is -1.43. The van der Waals surface area contributed by atoms with Crippen LogP contribution in [-0.2, 0) is 11.3 Å². The van der Waals surface area contributed by atoms with Crippen molar-refractivity contribution in [3.8, 4) is 0 Å². The molecule has 1 amide bonds. The summed E-state index contributed by atoms with van der Waals surface area (Å²) in [6.07, 6.45) is 1.18. The van der Waals surface area contributed by atoms with E-state index < -0.39 is 6.10 Å². The van der Waals surface area contributed by atoms with Crippen LogP contribution in [0.5, 0.6) is 0 Å². The molecule has 0 aliphatic rings. The molecular formula is C13H24N4O2. The monoisotopic (exact) mass is 268 g/mol. The number of aliphatic hydroxyl groups excluding tert-OH is 1. The van der Waals surface area contributed by atoms with Crippen molar-refractivity contribution < 1.29 is 9.90 Å². The lowest BCUT2D eigenvalue weighted by molar-refractivity contribution is -0.140. The number of carbonyl (C=O) groups excluding carboxylic acids is 1. The molecule has 0 saturated heterocycles. The summed E-state index contributed by atoms with van der Waals surface area (Å²) in [5.74, 6) is 0.737. The number of aliphatic hydroxyl groups is 1. The molecule has 1 rings (SSSR count). The van der Waals surface area contributed by atoms with E-state index in [0.29, 0.717) is 13.0 Å². The maximum atomic E-state index is 12.0. The highest BCUT2D eigenvalue weighted by Gasteiger charge is 2.22. The minimum absolute atomic E-state index is 0.245. The summed E-state index contributed by atoms with van der Waals surface area (Å²) in [4.78, 5) is 13.5. The van der Waals surface area contributed by atoms with Gasteiger partial charge in [0, 0.05) is 13.1 Å². The van der Waals surface area contributed by atoms with Crippen molar-refractivity contribution in [2.75, 3.05) is 7.05 Å². The molecule has 0 saturated carbocycles. The van der Waals surface area contributed by atoms with Crippen LogP contribution in [-0.4, -0.2) is 43.8 Å². The Morgan fingerprint density at radius 2 is 2.05 bits per heavy atom. The molecule has 6 heteroatoms. The van der Waals surface area contributed by atoms with Gasteiger partial charge in [-0.2, -0.15) is 0 Å². The fourth-order valence-electron chi connectivity index (χ4n) is 1.90. The Morgan fingerprint density at radius 1 is 1.42 bits per heavy atom. The van der Waals surface area contributed by atoms with Crippen molar-refractivity contribution in [1.82, 2.24) is 19.7 Å². The molecule has 1 aromatic heterocycles. The van der Waals surface area contributed by atoms with E-state index in [-0.39, 0.29) is 17.9 Å². The van der Waals surface area contributed by atoms with E-state index in [1.165, 1.54) is 4.90 Å². The van der Waals surface area contributed by atoms with Gasteiger partial charge in [0.15, 0.2) is 5.82 Å². The van der Waals surface area contributed by atoms with Crippen molar-refractivity contribution in [1.29, 1.82) is 0 Å². The van der Waals surface area contributed by atoms with E-state index in [1.54, 1.807) is 13.4 Å². The van der Waals surface area contributed by atoms with Gasteiger partial charge >= 0.3 is 0 Å². The van der Waals surface area contributed by atoms with E-state index in [9.17, 15) is 9.90 Å². The molecule has 0 spiro atoms. The lowest BCUT2D eigenvalue weighted by atomic mass is 10.1. The number of carbonyl (C=O) groups is 1. The molecule has 108 valence electrons. The lowest BCUT2D eigenvalue weighted by Crippen LogP contribution is -2.37. The Morgan fingerprint density at radius 3 is 2.58 bits per heavy atom. The Kier molecular flexibility index (Phi) is 5.47. The minimum atomic E-state index is -0.944. The second-order valence-corrected chi connectivity index (χ2v) is 5.59. The van der Waals surface area contributed by atoms with E-state index >= 15 is 0 Å². The largest absolute Gasteiger partial charge is 0.383 e. The van der Waals surface area contributed by atoms with Crippen LogP contribution in [0.2, 0.25) is 0 Å². The van der Waals surface area contributed by atoms with Gasteiger partial charge in [-0.25, -0.2) is 0 Å². The van der Waals surface area contributed by atoms with Crippen LogP contribution in [0.1, 0.15) is 46.0 Å². The molecule has 0 bridgehead atoms. The van der Waals surface area contributed by atoms with Crippen molar-refractivity contribution in [2.24, 2.45) is 5.92 Å². The summed E-state index contributed by atoms with van der Waals surface area (Å²) in [6, 6.07) is 0.245. The van der Waals surface area contributed by atoms with Gasteiger partial charge in [-0.05, 0) is 26.2 Å². The first-order chi connectivity index (χ1) is 8.82. The van der Waals surface area contributed by atoms with E-state index in [1.807, 2.05) is 32.3 Å². The van der Waals surface area contributed by atoms with Gasteiger partial charge < -0.3 is 14.6 Å². The summed E-state index contributed by atoms with van der Waals surface area (Å²) in [5, 5.41) is 17.7. The zero-order chi connectivity index (χ0) is 14.6. The van der Waals surface area contributed by atoms with Crippen LogP contribution in [0.4, 0.5) is 0 Å². The summed E-state index contributed by atoms with van der Waals surface area (Å²) >= 11 is 0. The number of likely N-dealkylation sites (N-methyl/N-ethyl adjacent to an activating group) is 1. The second-order valence-electron chi connectivity index (χ2n) is 5.59. The van der Waals surface area contributed by atoms with E-state index in [0.717, 1.165) is 5.82 Å². The average molecular weight is 268 g/mol. The molecule has 1 aromatic rings. The maximum Gasteiger partial charge on any atom is 0.251 e. The van der Waals surface area contributed by atoms with Crippen LogP contribution in [0.25, 0.3) is 0 Å². The molecule has 6 nitrogen and oxygen atoms in total. The van der Waals surface area contributed by atoms with Crippen LogP contribution < -0.4 is 0 Å². The molecule has 19 heavy (non-hydrogen) atoms. The first-order valence-corrected chi connectivity index (χ1v) is 6.64. The highest BCUT2D eigenvalue weighted by Crippen LogP contribution is 2.11. The van der Waals surface area contributed by atoms with Gasteiger partial charge in [0.05, 0.1) is 6.54 Å². The molecular weight excluding hydrogens is 244 g/mol. The van der Waals surface area contributed by atoms with Crippen LogP contribution in [0, 0.1) is 5.92 Å². The topological polar surface area (TPSA) is 71.2 Å². The van der Waals surface area contributed by atoms with Crippen LogP contribution in [0.3, 0.4) is 0 Å². The maximum absolute atomic E-state index is 12.0. The average Bonchev–Trinajstić information content (AvgIpc) is 2.75. The number of hydrogen-bond acceptors (Lipinski definition) is 4. The molecule has 1 N–H and O–H groups in total. The Balaban J connectivity index is 2.66. The highest BCUT2D eigenvalue weighted by molar-refractivity contribution is 5.80. The first-order valence-electron chi connectivity index (χ1n) is 6.64. The molecule has 0 fully saturated rings. The molecule has 0 radical (unpaired) electrons. The number of amides is 1. The highest BCUT2D eigenvalue weighted by atomic mass is 16.3. The first kappa shape index (κ1) is 15.6. The molecule has 1 atom stereocenters. The normalized spacial score (nSPS) is 13.1. The van der Waals surface area contributed by atoms with Crippen molar-refractivity contribution in [2.45, 2.75) is 52.8 Å². The summed E-state index contributed by atoms with van der Waals surface area (Å²) in [6.45, 7) is 8.37.